The Morgan fingerprint density at radius 2 is 1.96 bits per heavy atom. The van der Waals surface area contributed by atoms with Gasteiger partial charge in [-0.15, -0.1) is 0 Å². The fraction of sp³-hybridized carbons (Fsp3) is 0.444. The van der Waals surface area contributed by atoms with Gasteiger partial charge in [-0.05, 0) is 56.2 Å². The maximum atomic E-state index is 12.2. The second-order valence-electron chi connectivity index (χ2n) is 5.90. The summed E-state index contributed by atoms with van der Waals surface area (Å²) in [7, 11) is 1.63. The van der Waals surface area contributed by atoms with Crippen molar-refractivity contribution in [2.75, 3.05) is 31.6 Å². The number of imide groups is 1. The summed E-state index contributed by atoms with van der Waals surface area (Å²) in [5, 5.41) is -0.211. The third kappa shape index (κ3) is 3.29. The molecule has 0 aromatic heterocycles. The van der Waals surface area contributed by atoms with E-state index in [-0.39, 0.29) is 11.1 Å². The third-order valence-electron chi connectivity index (χ3n) is 4.41. The van der Waals surface area contributed by atoms with E-state index in [2.05, 4.69) is 11.0 Å². The molecule has 1 aromatic rings. The van der Waals surface area contributed by atoms with Crippen LogP contribution in [0, 0.1) is 0 Å². The average Bonchev–Trinajstić information content (AvgIpc) is 2.89. The van der Waals surface area contributed by atoms with E-state index in [9.17, 15) is 9.59 Å². The molecule has 0 unspecified atom stereocenters. The van der Waals surface area contributed by atoms with Crippen molar-refractivity contribution in [3.63, 3.8) is 0 Å². The molecule has 0 spiro atoms. The molecule has 0 aliphatic carbocycles. The molecule has 2 aliphatic heterocycles. The van der Waals surface area contributed by atoms with E-state index in [1.807, 2.05) is 12.1 Å². The summed E-state index contributed by atoms with van der Waals surface area (Å²) >= 11 is 0.985. The number of benzene rings is 1. The minimum Gasteiger partial charge on any atom is -0.496 e. The number of nitrogens with zero attached hydrogens (tertiary/aromatic N) is 2. The molecule has 128 valence electrons. The number of carbonyl (C=O) groups is 2. The molecule has 24 heavy (non-hydrogen) atoms. The van der Waals surface area contributed by atoms with Crippen molar-refractivity contribution in [2.24, 2.45) is 0 Å². The first-order chi connectivity index (χ1) is 11.6. The predicted molar refractivity (Wildman–Crippen MR) is 97.4 cm³/mol. The van der Waals surface area contributed by atoms with Gasteiger partial charge in [-0.2, -0.15) is 0 Å². The van der Waals surface area contributed by atoms with Crippen LogP contribution in [0.1, 0.15) is 31.7 Å². The number of carbonyl (C=O) groups excluding carboxylic acids is 2. The van der Waals surface area contributed by atoms with E-state index in [1.165, 1.54) is 24.2 Å². The van der Waals surface area contributed by atoms with E-state index in [1.54, 1.807) is 20.1 Å². The lowest BCUT2D eigenvalue weighted by atomic mass is 10.1. The first-order valence-corrected chi connectivity index (χ1v) is 9.14. The van der Waals surface area contributed by atoms with Gasteiger partial charge in [0.15, 0.2) is 0 Å². The maximum absolute atomic E-state index is 12.2. The van der Waals surface area contributed by atoms with Crippen LogP contribution in [0.25, 0.3) is 6.08 Å². The Balaban J connectivity index is 1.87. The number of hydrogen-bond acceptors (Lipinski definition) is 5. The zero-order valence-corrected chi connectivity index (χ0v) is 14.9. The molecule has 0 bridgehead atoms. The second kappa shape index (κ2) is 7.30. The Bertz CT molecular complexity index is 681. The lowest BCUT2D eigenvalue weighted by Gasteiger charge is -2.29. The summed E-state index contributed by atoms with van der Waals surface area (Å²) in [6.07, 6.45) is 5.47. The van der Waals surface area contributed by atoms with Gasteiger partial charge in [0.1, 0.15) is 5.75 Å². The topological polar surface area (TPSA) is 49.9 Å². The Kier molecular flexibility index (Phi) is 5.14. The molecule has 6 heteroatoms. The molecule has 2 fully saturated rings. The van der Waals surface area contributed by atoms with E-state index >= 15 is 0 Å². The van der Waals surface area contributed by atoms with Crippen molar-refractivity contribution in [2.45, 2.75) is 26.2 Å². The minimum atomic E-state index is -0.227. The number of thioether (sulfide) groups is 1. The Morgan fingerprint density at radius 1 is 1.21 bits per heavy atom. The molecular formula is C18H22N2O3S. The number of ether oxygens (including phenoxy) is 1. The van der Waals surface area contributed by atoms with Gasteiger partial charge in [0.25, 0.3) is 11.1 Å². The van der Waals surface area contributed by atoms with Gasteiger partial charge < -0.3 is 9.64 Å². The fourth-order valence-electron chi connectivity index (χ4n) is 3.08. The number of hydrogen-bond donors (Lipinski definition) is 0. The largest absolute Gasteiger partial charge is 0.496 e. The van der Waals surface area contributed by atoms with Crippen molar-refractivity contribution < 1.29 is 14.3 Å². The van der Waals surface area contributed by atoms with Gasteiger partial charge in [-0.1, -0.05) is 0 Å². The number of rotatable bonds is 4. The van der Waals surface area contributed by atoms with E-state index in [0.717, 1.165) is 41.9 Å². The molecule has 2 amide bonds. The van der Waals surface area contributed by atoms with Gasteiger partial charge in [0.2, 0.25) is 0 Å². The standard InChI is InChI=1S/C18H22N2O3S/c1-3-20-17(21)16(24-18(20)22)11-13-7-8-14(12-15(13)23-2)19-9-5-4-6-10-19/h7-8,11-12H,3-6,9-10H2,1-2H3/b16-11+. The molecule has 1 aromatic carbocycles. The zero-order chi connectivity index (χ0) is 17.1. The molecule has 2 heterocycles. The van der Waals surface area contributed by atoms with E-state index in [4.69, 9.17) is 4.74 Å². The average molecular weight is 346 g/mol. The Hall–Kier alpha value is -1.95. The lowest BCUT2D eigenvalue weighted by molar-refractivity contribution is -0.122. The van der Waals surface area contributed by atoms with Crippen molar-refractivity contribution in [3.8, 4) is 5.75 Å². The summed E-state index contributed by atoms with van der Waals surface area (Å²) in [5.41, 5.74) is 1.96. The van der Waals surface area contributed by atoms with E-state index in [0.29, 0.717) is 11.4 Å². The monoisotopic (exact) mass is 346 g/mol. The number of methoxy groups -OCH3 is 1. The number of anilines is 1. The predicted octanol–water partition coefficient (Wildman–Crippen LogP) is 3.74. The molecule has 0 radical (unpaired) electrons. The van der Waals surface area contributed by atoms with Crippen LogP contribution in [0.5, 0.6) is 5.75 Å². The van der Waals surface area contributed by atoms with Crippen LogP contribution in [0.3, 0.4) is 0 Å². The van der Waals surface area contributed by atoms with Gasteiger partial charge in [-0.25, -0.2) is 0 Å². The lowest BCUT2D eigenvalue weighted by Crippen LogP contribution is -2.29. The molecule has 0 atom stereocenters. The number of piperidine rings is 1. The SMILES string of the molecule is CCN1C(=O)S/C(=C/c2ccc(N3CCCCC3)cc2OC)C1=O. The van der Waals surface area contributed by atoms with E-state index < -0.39 is 0 Å². The highest BCUT2D eigenvalue weighted by Crippen LogP contribution is 2.35. The van der Waals surface area contributed by atoms with Crippen LogP contribution < -0.4 is 9.64 Å². The highest BCUT2D eigenvalue weighted by molar-refractivity contribution is 8.18. The second-order valence-corrected chi connectivity index (χ2v) is 6.89. The summed E-state index contributed by atoms with van der Waals surface area (Å²) in [6, 6.07) is 6.04. The van der Waals surface area contributed by atoms with Crippen molar-refractivity contribution in [3.05, 3.63) is 28.7 Å². The molecule has 0 N–H and O–H groups in total. The van der Waals surface area contributed by atoms with Crippen LogP contribution >= 0.6 is 11.8 Å². The third-order valence-corrected chi connectivity index (χ3v) is 5.32. The van der Waals surface area contributed by atoms with Gasteiger partial charge in [0.05, 0.1) is 12.0 Å². The highest BCUT2D eigenvalue weighted by Gasteiger charge is 2.33. The molecular weight excluding hydrogens is 324 g/mol. The molecule has 3 rings (SSSR count). The summed E-state index contributed by atoms with van der Waals surface area (Å²) < 4.78 is 5.51. The Morgan fingerprint density at radius 3 is 2.58 bits per heavy atom. The van der Waals surface area contributed by atoms with Crippen LogP contribution in [0.2, 0.25) is 0 Å². The van der Waals surface area contributed by atoms with Crippen LogP contribution in [-0.4, -0.2) is 42.8 Å². The highest BCUT2D eigenvalue weighted by atomic mass is 32.2. The van der Waals surface area contributed by atoms with Crippen LogP contribution in [0.15, 0.2) is 23.1 Å². The van der Waals surface area contributed by atoms with Gasteiger partial charge in [-0.3, -0.25) is 14.5 Å². The minimum absolute atomic E-state index is 0.211. The van der Waals surface area contributed by atoms with Crippen molar-refractivity contribution >= 4 is 34.7 Å². The quantitative estimate of drug-likeness (QED) is 0.777. The van der Waals surface area contributed by atoms with Crippen LogP contribution in [-0.2, 0) is 4.79 Å². The number of likely N-dealkylation sites (N-methyl/N-ethyl adjacent to an activating group) is 1. The summed E-state index contributed by atoms with van der Waals surface area (Å²) in [6.45, 7) is 4.33. The first-order valence-electron chi connectivity index (χ1n) is 8.32. The zero-order valence-electron chi connectivity index (χ0n) is 14.1. The van der Waals surface area contributed by atoms with Gasteiger partial charge >= 0.3 is 0 Å². The molecule has 2 saturated heterocycles. The normalized spacial score (nSPS) is 20.2. The van der Waals surface area contributed by atoms with Gasteiger partial charge in [0, 0.05) is 37.0 Å². The maximum Gasteiger partial charge on any atom is 0.293 e. The number of amides is 2. The summed E-state index contributed by atoms with van der Waals surface area (Å²) in [5.74, 6) is 0.496. The van der Waals surface area contributed by atoms with Crippen LogP contribution in [0.4, 0.5) is 10.5 Å². The molecule has 5 nitrogen and oxygen atoms in total. The smallest absolute Gasteiger partial charge is 0.293 e. The van der Waals surface area contributed by atoms with Crippen molar-refractivity contribution in [1.29, 1.82) is 0 Å². The molecule has 2 aliphatic rings. The fourth-order valence-corrected chi connectivity index (χ4v) is 3.98. The van der Waals surface area contributed by atoms with Crippen molar-refractivity contribution in [1.82, 2.24) is 4.90 Å². The molecule has 0 saturated carbocycles. The summed E-state index contributed by atoms with van der Waals surface area (Å²) in [4.78, 5) is 28.1. The Labute approximate surface area is 146 Å². The first kappa shape index (κ1) is 16.9.